The molecule has 0 unspecified atom stereocenters. The van der Waals surface area contributed by atoms with Gasteiger partial charge < -0.3 is 0 Å². The van der Waals surface area contributed by atoms with Crippen molar-refractivity contribution in [1.29, 1.82) is 0 Å². The Bertz CT molecular complexity index is 145. The molecule has 0 aromatic carbocycles. The van der Waals surface area contributed by atoms with Crippen LogP contribution in [0.1, 0.15) is 48.5 Å². The molecule has 0 N–H and O–H groups in total. The standard InChI is InChI=1S/2C4H10N.C4H9.Sb/c2*1-3-5-4-2;1-4(2)3;/h2*3-4H2,1-2H3;1-3H3;/q2*-1;;+2. The second kappa shape index (κ2) is 7.14. The van der Waals surface area contributed by atoms with Crippen molar-refractivity contribution >= 4 is 20.8 Å². The topological polar surface area (TPSA) is 6.48 Å². The van der Waals surface area contributed by atoms with Crippen LogP contribution in [0.25, 0.3) is 0 Å². The number of hydrogen-bond donors (Lipinski definition) is 0. The first-order chi connectivity index (χ1) is 6.92. The molecule has 0 saturated heterocycles. The van der Waals surface area contributed by atoms with Gasteiger partial charge in [-0.2, -0.15) is 0 Å². The van der Waals surface area contributed by atoms with E-state index >= 15 is 0 Å². The molecular weight excluding hydrogens is 294 g/mol. The molecule has 0 rings (SSSR count). The van der Waals surface area contributed by atoms with Gasteiger partial charge in [0, 0.05) is 0 Å². The number of hydrogen-bond acceptors (Lipinski definition) is 2. The molecule has 0 amide bonds. The van der Waals surface area contributed by atoms with Crippen molar-refractivity contribution in [2.75, 3.05) is 26.2 Å². The summed E-state index contributed by atoms with van der Waals surface area (Å²) in [5, 5.41) is 0. The van der Waals surface area contributed by atoms with E-state index in [4.69, 9.17) is 0 Å². The number of nitrogens with zero attached hydrogens (tertiary/aromatic N) is 2. The predicted octanol–water partition coefficient (Wildman–Crippen LogP) is 2.96. The van der Waals surface area contributed by atoms with E-state index in [9.17, 15) is 0 Å². The summed E-state index contributed by atoms with van der Waals surface area (Å²) in [5.74, 6) is 0. The molecule has 92 valence electrons. The third kappa shape index (κ3) is 4.63. The van der Waals surface area contributed by atoms with Gasteiger partial charge in [-0.3, -0.25) is 0 Å². The van der Waals surface area contributed by atoms with E-state index in [0.717, 1.165) is 0 Å². The third-order valence-corrected chi connectivity index (χ3v) is 12.3. The molecule has 0 atom stereocenters. The SMILES string of the molecule is CC[N](CC)[Sb]([N](CC)CC)[C](C)(C)C. The fraction of sp³-hybridized carbons (Fsp3) is 1.00. The zero-order valence-electron chi connectivity index (χ0n) is 11.7. The van der Waals surface area contributed by atoms with Gasteiger partial charge in [-0.1, -0.05) is 0 Å². The van der Waals surface area contributed by atoms with Crippen molar-refractivity contribution in [3.05, 3.63) is 0 Å². The van der Waals surface area contributed by atoms with Gasteiger partial charge in [-0.05, 0) is 0 Å². The summed E-state index contributed by atoms with van der Waals surface area (Å²) in [6.45, 7) is 21.3. The molecule has 0 aliphatic carbocycles. The summed E-state index contributed by atoms with van der Waals surface area (Å²) < 4.78 is 5.99. The van der Waals surface area contributed by atoms with E-state index in [1.54, 1.807) is 0 Å². The van der Waals surface area contributed by atoms with Crippen molar-refractivity contribution < 1.29 is 0 Å². The maximum atomic E-state index is 2.75. The van der Waals surface area contributed by atoms with Gasteiger partial charge >= 0.3 is 105 Å². The summed E-state index contributed by atoms with van der Waals surface area (Å²) in [6.07, 6.45) is 0. The van der Waals surface area contributed by atoms with Crippen LogP contribution in [-0.2, 0) is 0 Å². The van der Waals surface area contributed by atoms with E-state index in [0.29, 0.717) is 3.36 Å². The van der Waals surface area contributed by atoms with Crippen LogP contribution in [0.2, 0.25) is 3.36 Å². The Morgan fingerprint density at radius 2 is 1.00 bits per heavy atom. The minimum absolute atomic E-state index is 0.501. The van der Waals surface area contributed by atoms with Gasteiger partial charge in [0.25, 0.3) is 0 Å². The van der Waals surface area contributed by atoms with E-state index in [1.807, 2.05) is 0 Å². The van der Waals surface area contributed by atoms with Gasteiger partial charge in [-0.15, -0.1) is 0 Å². The molecule has 2 nitrogen and oxygen atoms in total. The first kappa shape index (κ1) is 15.7. The monoisotopic (exact) mass is 322 g/mol. The fourth-order valence-corrected chi connectivity index (χ4v) is 10.9. The zero-order chi connectivity index (χ0) is 12.1. The first-order valence-electron chi connectivity index (χ1n) is 6.22. The van der Waals surface area contributed by atoms with Crippen molar-refractivity contribution in [3.8, 4) is 0 Å². The predicted molar refractivity (Wildman–Crippen MR) is 71.3 cm³/mol. The van der Waals surface area contributed by atoms with Gasteiger partial charge in [0.2, 0.25) is 0 Å². The van der Waals surface area contributed by atoms with E-state index in [2.05, 4.69) is 54.6 Å². The molecule has 3 heteroatoms. The zero-order valence-corrected chi connectivity index (χ0v) is 14.2. The Balaban J connectivity index is 4.85. The molecule has 0 spiro atoms. The fourth-order valence-electron chi connectivity index (χ4n) is 2.01. The molecule has 0 heterocycles. The maximum absolute atomic E-state index is 2.75. The average molecular weight is 323 g/mol. The molecule has 0 bridgehead atoms. The minimum atomic E-state index is -1.48. The van der Waals surface area contributed by atoms with E-state index < -0.39 is 20.8 Å². The quantitative estimate of drug-likeness (QED) is 0.694. The third-order valence-electron chi connectivity index (χ3n) is 2.60. The molecule has 0 radical (unpaired) electrons. The Morgan fingerprint density at radius 1 is 0.733 bits per heavy atom. The normalized spacial score (nSPS) is 13.2. The van der Waals surface area contributed by atoms with Crippen LogP contribution in [0.4, 0.5) is 0 Å². The van der Waals surface area contributed by atoms with Crippen LogP contribution in [0.15, 0.2) is 0 Å². The van der Waals surface area contributed by atoms with Crippen LogP contribution in [0.3, 0.4) is 0 Å². The van der Waals surface area contributed by atoms with Crippen LogP contribution in [0.5, 0.6) is 0 Å². The molecule has 0 aromatic heterocycles. The molecule has 0 saturated carbocycles. The van der Waals surface area contributed by atoms with E-state index in [1.165, 1.54) is 26.2 Å². The van der Waals surface area contributed by atoms with Crippen LogP contribution in [0, 0.1) is 0 Å². The number of rotatable bonds is 6. The summed E-state index contributed by atoms with van der Waals surface area (Å²) in [6, 6.07) is 0. The Morgan fingerprint density at radius 3 is 1.13 bits per heavy atom. The van der Waals surface area contributed by atoms with Crippen molar-refractivity contribution in [2.24, 2.45) is 0 Å². The second-order valence-electron chi connectivity index (χ2n) is 4.74. The van der Waals surface area contributed by atoms with Gasteiger partial charge in [0.05, 0.1) is 0 Å². The van der Waals surface area contributed by atoms with Crippen molar-refractivity contribution in [1.82, 2.24) is 6.12 Å². The second-order valence-corrected chi connectivity index (χ2v) is 13.4. The molecule has 0 fully saturated rings. The van der Waals surface area contributed by atoms with Crippen LogP contribution < -0.4 is 0 Å². The Labute approximate surface area is 105 Å². The first-order valence-corrected chi connectivity index (χ1v) is 9.78. The molecule has 15 heavy (non-hydrogen) atoms. The Hall–Kier alpha value is 0.738. The summed E-state index contributed by atoms with van der Waals surface area (Å²) in [5.41, 5.74) is 0. The molecule has 0 aliphatic heterocycles. The van der Waals surface area contributed by atoms with E-state index in [-0.39, 0.29) is 0 Å². The molecule has 0 aliphatic rings. The van der Waals surface area contributed by atoms with Gasteiger partial charge in [-0.25, -0.2) is 0 Å². The van der Waals surface area contributed by atoms with Crippen molar-refractivity contribution in [2.45, 2.75) is 51.8 Å². The van der Waals surface area contributed by atoms with Gasteiger partial charge in [0.15, 0.2) is 0 Å². The summed E-state index contributed by atoms with van der Waals surface area (Å²) >= 11 is -1.48. The molecular formula is C12H29N2Sb. The van der Waals surface area contributed by atoms with Crippen LogP contribution in [-0.4, -0.2) is 53.1 Å². The van der Waals surface area contributed by atoms with Gasteiger partial charge in [0.1, 0.15) is 0 Å². The summed E-state index contributed by atoms with van der Waals surface area (Å²) in [4.78, 5) is 0. The van der Waals surface area contributed by atoms with Crippen molar-refractivity contribution in [3.63, 3.8) is 0 Å². The molecule has 0 aromatic rings. The average Bonchev–Trinajstić information content (AvgIpc) is 2.17. The summed E-state index contributed by atoms with van der Waals surface area (Å²) in [7, 11) is 0. The Kier molecular flexibility index (Phi) is 7.49. The van der Waals surface area contributed by atoms with Crippen LogP contribution >= 0.6 is 0 Å².